The highest BCUT2D eigenvalue weighted by molar-refractivity contribution is 6.39. The van der Waals surface area contributed by atoms with Crippen LogP contribution in [0, 0.1) is 0 Å². The lowest BCUT2D eigenvalue weighted by atomic mass is 10.2. The van der Waals surface area contributed by atoms with Gasteiger partial charge in [-0.25, -0.2) is 0 Å². The van der Waals surface area contributed by atoms with Crippen LogP contribution in [0.5, 0.6) is 0 Å². The lowest BCUT2D eigenvalue weighted by Gasteiger charge is -2.18. The molecule has 6 heteroatoms. The zero-order valence-corrected chi connectivity index (χ0v) is 10.3. The molecule has 0 bridgehead atoms. The largest absolute Gasteiger partial charge is 0.399 e. The van der Waals surface area contributed by atoms with Gasteiger partial charge in [-0.2, -0.15) is 0 Å². The smallest absolute Gasteiger partial charge is 0.0726 e. The number of nitrogen functional groups attached to an aromatic ring is 1. The van der Waals surface area contributed by atoms with Crippen molar-refractivity contribution in [1.82, 2.24) is 0 Å². The molecule has 0 aliphatic heterocycles. The normalized spacial score (nSPS) is 12.5. The average molecular weight is 265 g/mol. The molecule has 0 spiro atoms. The second-order valence-corrected chi connectivity index (χ2v) is 4.15. The first-order chi connectivity index (χ1) is 7.58. The number of methoxy groups -OCH3 is 1. The first-order valence-corrected chi connectivity index (χ1v) is 5.45. The Morgan fingerprint density at radius 3 is 2.44 bits per heavy atom. The molecule has 0 fully saturated rings. The second kappa shape index (κ2) is 6.15. The molecule has 0 saturated heterocycles. The Kier molecular flexibility index (Phi) is 5.15. The lowest BCUT2D eigenvalue weighted by molar-refractivity contribution is 0.153. The van der Waals surface area contributed by atoms with Crippen LogP contribution in [0.4, 0.5) is 11.4 Å². The molecule has 1 atom stereocenters. The number of anilines is 2. The Bertz CT molecular complexity index is 338. The summed E-state index contributed by atoms with van der Waals surface area (Å²) < 4.78 is 4.94. The van der Waals surface area contributed by atoms with E-state index >= 15 is 0 Å². The number of hydrogen-bond acceptors (Lipinski definition) is 4. The van der Waals surface area contributed by atoms with Gasteiger partial charge in [0.15, 0.2) is 0 Å². The molecule has 0 aliphatic carbocycles. The summed E-state index contributed by atoms with van der Waals surface area (Å²) in [6.45, 7) is 0.276. The predicted molar refractivity (Wildman–Crippen MR) is 67.2 cm³/mol. The van der Waals surface area contributed by atoms with Crippen LogP contribution in [-0.4, -0.2) is 31.5 Å². The Morgan fingerprint density at radius 2 is 2.00 bits per heavy atom. The van der Waals surface area contributed by atoms with Gasteiger partial charge in [0.25, 0.3) is 0 Å². The van der Waals surface area contributed by atoms with E-state index < -0.39 is 0 Å². The van der Waals surface area contributed by atoms with Crippen LogP contribution in [0.15, 0.2) is 12.1 Å². The van der Waals surface area contributed by atoms with Gasteiger partial charge >= 0.3 is 0 Å². The van der Waals surface area contributed by atoms with Gasteiger partial charge in [-0.05, 0) is 12.1 Å². The fraction of sp³-hybridized carbons (Fsp3) is 0.400. The number of benzene rings is 1. The third-order valence-corrected chi connectivity index (χ3v) is 2.60. The maximum Gasteiger partial charge on any atom is 0.0726 e. The van der Waals surface area contributed by atoms with Crippen LogP contribution < -0.4 is 11.1 Å². The van der Waals surface area contributed by atoms with E-state index in [0.29, 0.717) is 28.0 Å². The fourth-order valence-corrected chi connectivity index (χ4v) is 1.89. The molecule has 4 nitrogen and oxygen atoms in total. The van der Waals surface area contributed by atoms with Crippen molar-refractivity contribution in [2.24, 2.45) is 0 Å². The third kappa shape index (κ3) is 3.42. The zero-order chi connectivity index (χ0) is 12.1. The number of nitrogens with two attached hydrogens (primary N) is 1. The Morgan fingerprint density at radius 1 is 1.44 bits per heavy atom. The van der Waals surface area contributed by atoms with Crippen molar-refractivity contribution < 1.29 is 9.84 Å². The van der Waals surface area contributed by atoms with E-state index in [9.17, 15) is 0 Å². The van der Waals surface area contributed by atoms with Crippen molar-refractivity contribution in [2.45, 2.75) is 6.04 Å². The van der Waals surface area contributed by atoms with E-state index in [-0.39, 0.29) is 12.6 Å². The Labute approximate surface area is 104 Å². The summed E-state index contributed by atoms with van der Waals surface area (Å²) >= 11 is 12.0. The summed E-state index contributed by atoms with van der Waals surface area (Å²) in [4.78, 5) is 0. The van der Waals surface area contributed by atoms with Crippen molar-refractivity contribution in [3.63, 3.8) is 0 Å². The second-order valence-electron chi connectivity index (χ2n) is 3.34. The molecule has 1 unspecified atom stereocenters. The summed E-state index contributed by atoms with van der Waals surface area (Å²) in [7, 11) is 1.55. The van der Waals surface area contributed by atoms with Crippen LogP contribution in [0.1, 0.15) is 0 Å². The summed E-state index contributed by atoms with van der Waals surface area (Å²) in [6, 6.07) is 2.93. The molecule has 0 saturated carbocycles. The van der Waals surface area contributed by atoms with Gasteiger partial charge in [-0.3, -0.25) is 0 Å². The number of nitrogens with one attached hydrogen (secondary N) is 1. The molecule has 1 aromatic rings. The third-order valence-electron chi connectivity index (χ3n) is 2.00. The number of ether oxygens (including phenoxy) is 1. The predicted octanol–water partition coefficient (Wildman–Crippen LogP) is 1.99. The van der Waals surface area contributed by atoms with E-state index in [4.69, 9.17) is 38.8 Å². The summed E-state index contributed by atoms with van der Waals surface area (Å²) in [6.07, 6.45) is 0. The van der Waals surface area contributed by atoms with Gasteiger partial charge in [0.2, 0.25) is 0 Å². The van der Waals surface area contributed by atoms with Crippen molar-refractivity contribution in [1.29, 1.82) is 0 Å². The molecule has 90 valence electrons. The summed E-state index contributed by atoms with van der Waals surface area (Å²) in [5.74, 6) is 0. The van der Waals surface area contributed by atoms with Crippen LogP contribution in [0.3, 0.4) is 0 Å². The molecular weight excluding hydrogens is 251 g/mol. The Hall–Kier alpha value is -0.680. The summed E-state index contributed by atoms with van der Waals surface area (Å²) in [5.41, 5.74) is 6.62. The van der Waals surface area contributed by atoms with E-state index in [1.165, 1.54) is 0 Å². The van der Waals surface area contributed by atoms with E-state index in [1.807, 2.05) is 0 Å². The highest BCUT2D eigenvalue weighted by Crippen LogP contribution is 2.33. The van der Waals surface area contributed by atoms with Crippen LogP contribution >= 0.6 is 23.2 Å². The van der Waals surface area contributed by atoms with Gasteiger partial charge in [0.05, 0.1) is 35.0 Å². The number of aliphatic hydroxyl groups excluding tert-OH is 1. The zero-order valence-electron chi connectivity index (χ0n) is 8.84. The van der Waals surface area contributed by atoms with Gasteiger partial charge in [-0.1, -0.05) is 23.2 Å². The molecule has 0 radical (unpaired) electrons. The molecule has 1 rings (SSSR count). The molecule has 16 heavy (non-hydrogen) atoms. The van der Waals surface area contributed by atoms with Gasteiger partial charge in [0, 0.05) is 12.8 Å². The number of aliphatic hydroxyl groups is 1. The van der Waals surface area contributed by atoms with Crippen molar-refractivity contribution >= 4 is 34.6 Å². The fourth-order valence-electron chi connectivity index (χ4n) is 1.28. The highest BCUT2D eigenvalue weighted by atomic mass is 35.5. The number of halogens is 2. The first-order valence-electron chi connectivity index (χ1n) is 4.69. The highest BCUT2D eigenvalue weighted by Gasteiger charge is 2.12. The minimum absolute atomic E-state index is 0.0785. The minimum Gasteiger partial charge on any atom is -0.399 e. The standard InChI is InChI=1S/C10H14Cl2N2O2/c1-16-5-7(4-15)14-10-8(11)2-6(13)3-9(10)12/h2-3,7,14-15H,4-5,13H2,1H3. The molecule has 0 heterocycles. The number of hydrogen-bond donors (Lipinski definition) is 3. The van der Waals surface area contributed by atoms with Crippen molar-refractivity contribution in [3.8, 4) is 0 Å². The van der Waals surface area contributed by atoms with Gasteiger partial charge < -0.3 is 20.9 Å². The first kappa shape index (κ1) is 13.4. The van der Waals surface area contributed by atoms with Gasteiger partial charge in [-0.15, -0.1) is 0 Å². The van der Waals surface area contributed by atoms with E-state index in [2.05, 4.69) is 5.32 Å². The number of rotatable bonds is 5. The topological polar surface area (TPSA) is 67.5 Å². The molecular formula is C10H14Cl2N2O2. The average Bonchev–Trinajstić information content (AvgIpc) is 2.21. The van der Waals surface area contributed by atoms with Gasteiger partial charge in [0.1, 0.15) is 0 Å². The molecule has 4 N–H and O–H groups in total. The maximum absolute atomic E-state index is 9.10. The summed E-state index contributed by atoms with van der Waals surface area (Å²) in [5, 5.41) is 12.9. The molecule has 0 amide bonds. The lowest BCUT2D eigenvalue weighted by Crippen LogP contribution is -2.29. The minimum atomic E-state index is -0.261. The van der Waals surface area contributed by atoms with Crippen LogP contribution in [0.2, 0.25) is 10.0 Å². The van der Waals surface area contributed by atoms with Crippen LogP contribution in [0.25, 0.3) is 0 Å². The van der Waals surface area contributed by atoms with E-state index in [0.717, 1.165) is 0 Å². The van der Waals surface area contributed by atoms with Crippen LogP contribution in [-0.2, 0) is 4.74 Å². The quantitative estimate of drug-likeness (QED) is 0.712. The van der Waals surface area contributed by atoms with Crippen molar-refractivity contribution in [3.05, 3.63) is 22.2 Å². The SMILES string of the molecule is COCC(CO)Nc1c(Cl)cc(N)cc1Cl. The monoisotopic (exact) mass is 264 g/mol. The molecule has 1 aromatic carbocycles. The maximum atomic E-state index is 9.10. The molecule has 0 aliphatic rings. The molecule has 0 aromatic heterocycles. The van der Waals surface area contributed by atoms with Crippen molar-refractivity contribution in [2.75, 3.05) is 31.4 Å². The Balaban J connectivity index is 2.87. The van der Waals surface area contributed by atoms with E-state index in [1.54, 1.807) is 19.2 Å².